The summed E-state index contributed by atoms with van der Waals surface area (Å²) < 4.78 is 5.13. The fourth-order valence-corrected chi connectivity index (χ4v) is 3.23. The van der Waals surface area contributed by atoms with Gasteiger partial charge in [-0.1, -0.05) is 5.16 Å². The van der Waals surface area contributed by atoms with Crippen LogP contribution in [0.1, 0.15) is 22.7 Å². The van der Waals surface area contributed by atoms with Crippen LogP contribution >= 0.6 is 11.3 Å². The molecular formula is C17H20N6O2S. The highest BCUT2D eigenvalue weighted by Gasteiger charge is 2.15. The number of rotatable bonds is 6. The van der Waals surface area contributed by atoms with E-state index in [2.05, 4.69) is 25.4 Å². The van der Waals surface area contributed by atoms with Crippen molar-refractivity contribution in [1.29, 1.82) is 0 Å². The van der Waals surface area contributed by atoms with Gasteiger partial charge in [0.25, 0.3) is 0 Å². The number of urea groups is 1. The van der Waals surface area contributed by atoms with Crippen molar-refractivity contribution < 1.29 is 9.32 Å². The van der Waals surface area contributed by atoms with Gasteiger partial charge in [0.2, 0.25) is 0 Å². The summed E-state index contributed by atoms with van der Waals surface area (Å²) in [5.74, 6) is 0.737. The first-order valence-electron chi connectivity index (χ1n) is 8.16. The fraction of sp³-hybridized carbons (Fsp3) is 0.353. The van der Waals surface area contributed by atoms with Crippen molar-refractivity contribution in [2.24, 2.45) is 0 Å². The molecule has 0 aliphatic rings. The molecule has 0 aliphatic carbocycles. The molecule has 0 saturated carbocycles. The molecule has 0 saturated heterocycles. The highest BCUT2D eigenvalue weighted by Crippen LogP contribution is 2.20. The summed E-state index contributed by atoms with van der Waals surface area (Å²) in [6.45, 7) is 4.68. The number of aromatic nitrogens is 4. The highest BCUT2D eigenvalue weighted by molar-refractivity contribution is 7.13. The molecule has 3 heterocycles. The first-order valence-corrected chi connectivity index (χ1v) is 9.04. The van der Waals surface area contributed by atoms with E-state index in [1.807, 2.05) is 19.2 Å². The molecule has 9 heteroatoms. The Morgan fingerprint density at radius 3 is 2.88 bits per heavy atom. The van der Waals surface area contributed by atoms with Gasteiger partial charge in [-0.15, -0.1) is 11.3 Å². The number of nitrogens with zero attached hydrogens (tertiary/aromatic N) is 5. The number of hydrogen-bond acceptors (Lipinski definition) is 7. The van der Waals surface area contributed by atoms with Gasteiger partial charge in [-0.2, -0.15) is 0 Å². The van der Waals surface area contributed by atoms with E-state index in [0.717, 1.165) is 33.4 Å². The van der Waals surface area contributed by atoms with E-state index in [0.29, 0.717) is 19.5 Å². The van der Waals surface area contributed by atoms with E-state index in [4.69, 9.17) is 4.52 Å². The molecule has 0 atom stereocenters. The van der Waals surface area contributed by atoms with E-state index < -0.39 is 0 Å². The maximum atomic E-state index is 12.2. The molecule has 8 nitrogen and oxygen atoms in total. The maximum Gasteiger partial charge on any atom is 0.317 e. The van der Waals surface area contributed by atoms with E-state index in [1.165, 1.54) is 11.3 Å². The Bertz CT molecular complexity index is 857. The monoisotopic (exact) mass is 372 g/mol. The van der Waals surface area contributed by atoms with Crippen LogP contribution < -0.4 is 5.32 Å². The lowest BCUT2D eigenvalue weighted by molar-refractivity contribution is 0.207. The Hall–Kier alpha value is -2.81. The van der Waals surface area contributed by atoms with Crippen molar-refractivity contribution in [2.45, 2.75) is 26.8 Å². The zero-order chi connectivity index (χ0) is 18.5. The summed E-state index contributed by atoms with van der Waals surface area (Å²) in [6.07, 6.45) is 5.62. The molecule has 136 valence electrons. The standard InChI is InChI=1S/C17H20N6O2S/c1-11-14(12(2)25-22-11)9-23(3)17(24)20-5-4-13-10-26-16(21-13)15-8-18-6-7-19-15/h6-8,10H,4-5,9H2,1-3H3,(H,20,24). The van der Waals surface area contributed by atoms with Crippen LogP contribution in [0.2, 0.25) is 0 Å². The van der Waals surface area contributed by atoms with Crippen LogP contribution in [-0.4, -0.2) is 44.6 Å². The second-order valence-electron chi connectivity index (χ2n) is 5.88. The van der Waals surface area contributed by atoms with Crippen molar-refractivity contribution in [3.05, 3.63) is 46.7 Å². The average molecular weight is 372 g/mol. The molecule has 3 rings (SSSR count). The number of amides is 2. The summed E-state index contributed by atoms with van der Waals surface area (Å²) in [7, 11) is 1.75. The van der Waals surface area contributed by atoms with Gasteiger partial charge in [0.05, 0.1) is 24.1 Å². The molecule has 0 unspecified atom stereocenters. The first-order chi connectivity index (χ1) is 12.5. The van der Waals surface area contributed by atoms with Gasteiger partial charge in [0.15, 0.2) is 0 Å². The third kappa shape index (κ3) is 4.23. The van der Waals surface area contributed by atoms with Crippen molar-refractivity contribution in [3.8, 4) is 10.7 Å². The Kier molecular flexibility index (Phi) is 5.57. The lowest BCUT2D eigenvalue weighted by atomic mass is 10.2. The molecule has 0 spiro atoms. The lowest BCUT2D eigenvalue weighted by Gasteiger charge is -2.17. The second-order valence-corrected chi connectivity index (χ2v) is 6.73. The van der Waals surface area contributed by atoms with Gasteiger partial charge >= 0.3 is 6.03 Å². The Morgan fingerprint density at radius 1 is 1.35 bits per heavy atom. The average Bonchev–Trinajstić information content (AvgIpc) is 3.24. The van der Waals surface area contributed by atoms with E-state index in [9.17, 15) is 4.79 Å². The lowest BCUT2D eigenvalue weighted by Crippen LogP contribution is -2.38. The summed E-state index contributed by atoms with van der Waals surface area (Å²) in [4.78, 5) is 26.7. The number of carbonyl (C=O) groups is 1. The van der Waals surface area contributed by atoms with Crippen molar-refractivity contribution in [1.82, 2.24) is 30.3 Å². The van der Waals surface area contributed by atoms with Crippen LogP contribution in [-0.2, 0) is 13.0 Å². The predicted octanol–water partition coefficient (Wildman–Crippen LogP) is 2.59. The van der Waals surface area contributed by atoms with Gasteiger partial charge < -0.3 is 14.7 Å². The number of nitrogens with one attached hydrogen (secondary N) is 1. The normalized spacial score (nSPS) is 10.7. The molecule has 1 N–H and O–H groups in total. The second kappa shape index (κ2) is 8.05. The SMILES string of the molecule is Cc1noc(C)c1CN(C)C(=O)NCCc1csc(-c2cnccn2)n1. The van der Waals surface area contributed by atoms with Gasteiger partial charge in [0, 0.05) is 43.4 Å². The van der Waals surface area contributed by atoms with Crippen LogP contribution in [0.25, 0.3) is 10.7 Å². The number of aryl methyl sites for hydroxylation is 2. The largest absolute Gasteiger partial charge is 0.361 e. The molecule has 0 bridgehead atoms. The third-order valence-corrected chi connectivity index (χ3v) is 4.83. The van der Waals surface area contributed by atoms with E-state index >= 15 is 0 Å². The van der Waals surface area contributed by atoms with Crippen LogP contribution in [0, 0.1) is 13.8 Å². The van der Waals surface area contributed by atoms with Crippen molar-refractivity contribution >= 4 is 17.4 Å². The van der Waals surface area contributed by atoms with Gasteiger partial charge in [-0.3, -0.25) is 9.97 Å². The molecule has 26 heavy (non-hydrogen) atoms. The summed E-state index contributed by atoms with van der Waals surface area (Å²) in [5.41, 5.74) is 3.42. The third-order valence-electron chi connectivity index (χ3n) is 3.91. The molecule has 0 fully saturated rings. The summed E-state index contributed by atoms with van der Waals surface area (Å²) in [6, 6.07) is -0.144. The molecule has 0 radical (unpaired) electrons. The van der Waals surface area contributed by atoms with E-state index in [-0.39, 0.29) is 6.03 Å². The minimum absolute atomic E-state index is 0.144. The van der Waals surface area contributed by atoms with Crippen LogP contribution in [0.15, 0.2) is 28.5 Å². The Morgan fingerprint density at radius 2 is 2.19 bits per heavy atom. The van der Waals surface area contributed by atoms with Gasteiger partial charge in [0.1, 0.15) is 16.5 Å². The van der Waals surface area contributed by atoms with Crippen LogP contribution in [0.4, 0.5) is 4.79 Å². The highest BCUT2D eigenvalue weighted by atomic mass is 32.1. The first kappa shape index (κ1) is 18.0. The zero-order valence-corrected chi connectivity index (χ0v) is 15.7. The summed E-state index contributed by atoms with van der Waals surface area (Å²) in [5, 5.41) is 9.62. The van der Waals surface area contributed by atoms with Crippen molar-refractivity contribution in [3.63, 3.8) is 0 Å². The smallest absolute Gasteiger partial charge is 0.317 e. The number of hydrogen-bond donors (Lipinski definition) is 1. The minimum Gasteiger partial charge on any atom is -0.361 e. The van der Waals surface area contributed by atoms with Gasteiger partial charge in [-0.25, -0.2) is 9.78 Å². The predicted molar refractivity (Wildman–Crippen MR) is 97.7 cm³/mol. The fourth-order valence-electron chi connectivity index (χ4n) is 2.42. The van der Waals surface area contributed by atoms with Gasteiger partial charge in [-0.05, 0) is 13.8 Å². The number of carbonyl (C=O) groups excluding carboxylic acids is 1. The molecule has 0 aromatic carbocycles. The molecule has 3 aromatic rings. The number of thiazole rings is 1. The minimum atomic E-state index is -0.144. The zero-order valence-electron chi connectivity index (χ0n) is 14.9. The quantitative estimate of drug-likeness (QED) is 0.714. The van der Waals surface area contributed by atoms with Crippen LogP contribution in [0.3, 0.4) is 0 Å². The maximum absolute atomic E-state index is 12.2. The molecular weight excluding hydrogens is 352 g/mol. The van der Waals surface area contributed by atoms with E-state index in [1.54, 1.807) is 30.5 Å². The Balaban J connectivity index is 1.49. The topological polar surface area (TPSA) is 97.0 Å². The summed E-state index contributed by atoms with van der Waals surface area (Å²) >= 11 is 1.52. The molecule has 2 amide bonds. The van der Waals surface area contributed by atoms with Crippen LogP contribution in [0.5, 0.6) is 0 Å². The van der Waals surface area contributed by atoms with Crippen molar-refractivity contribution in [2.75, 3.05) is 13.6 Å². The Labute approximate surface area is 155 Å². The molecule has 3 aromatic heterocycles. The molecule has 0 aliphatic heterocycles.